The molecule has 1 saturated heterocycles. The summed E-state index contributed by atoms with van der Waals surface area (Å²) < 4.78 is 0. The first-order valence-electron chi connectivity index (χ1n) is 7.15. The molecule has 0 saturated carbocycles. The van der Waals surface area contributed by atoms with Crippen molar-refractivity contribution in [3.8, 4) is 0 Å². The van der Waals surface area contributed by atoms with Crippen LogP contribution in [0.5, 0.6) is 0 Å². The van der Waals surface area contributed by atoms with Crippen molar-refractivity contribution in [1.82, 2.24) is 10.2 Å². The summed E-state index contributed by atoms with van der Waals surface area (Å²) in [6, 6.07) is -0.171. The molecule has 20 heavy (non-hydrogen) atoms. The molecule has 1 atom stereocenters. The maximum atomic E-state index is 11.9. The number of carbonyl (C=O) groups is 2. The van der Waals surface area contributed by atoms with E-state index in [2.05, 4.69) is 26.1 Å². The molecule has 0 unspecified atom stereocenters. The Kier molecular flexibility index (Phi) is 5.80. The Morgan fingerprint density at radius 1 is 1.30 bits per heavy atom. The van der Waals surface area contributed by atoms with E-state index in [4.69, 9.17) is 10.2 Å². The number of aliphatic hydroxyl groups is 1. The summed E-state index contributed by atoms with van der Waals surface area (Å²) in [5, 5.41) is 20.3. The van der Waals surface area contributed by atoms with Crippen LogP contribution in [0.15, 0.2) is 0 Å². The quantitative estimate of drug-likeness (QED) is 0.726. The Bertz CT molecular complexity index is 344. The van der Waals surface area contributed by atoms with E-state index in [1.807, 2.05) is 0 Å². The summed E-state index contributed by atoms with van der Waals surface area (Å²) in [6.45, 7) is 8.30. The van der Waals surface area contributed by atoms with Crippen LogP contribution < -0.4 is 5.32 Å². The van der Waals surface area contributed by atoms with Gasteiger partial charge in [-0.25, -0.2) is 9.59 Å². The van der Waals surface area contributed by atoms with E-state index in [0.29, 0.717) is 5.92 Å². The number of carboxylic acids is 1. The minimum atomic E-state index is -1.41. The van der Waals surface area contributed by atoms with E-state index in [-0.39, 0.29) is 24.4 Å². The zero-order chi connectivity index (χ0) is 15.3. The van der Waals surface area contributed by atoms with Gasteiger partial charge in [0, 0.05) is 26.1 Å². The third-order valence-corrected chi connectivity index (χ3v) is 3.99. The lowest BCUT2D eigenvalue weighted by Gasteiger charge is -2.38. The zero-order valence-electron chi connectivity index (χ0n) is 12.6. The fourth-order valence-electron chi connectivity index (χ4n) is 2.50. The molecular weight excluding hydrogens is 260 g/mol. The Morgan fingerprint density at radius 3 is 2.30 bits per heavy atom. The highest BCUT2D eigenvalue weighted by Crippen LogP contribution is 2.34. The lowest BCUT2D eigenvalue weighted by molar-refractivity contribution is -0.146. The average molecular weight is 286 g/mol. The number of piperidine rings is 1. The zero-order valence-corrected chi connectivity index (χ0v) is 12.6. The molecule has 0 bridgehead atoms. The predicted molar refractivity (Wildman–Crippen MR) is 75.4 cm³/mol. The molecular formula is C14H26N2O4. The second kappa shape index (κ2) is 6.92. The van der Waals surface area contributed by atoms with Crippen molar-refractivity contribution in [3.63, 3.8) is 0 Å². The Morgan fingerprint density at radius 2 is 1.85 bits per heavy atom. The molecule has 1 aliphatic rings. The van der Waals surface area contributed by atoms with Crippen LogP contribution in [0.3, 0.4) is 0 Å². The standard InChI is InChI=1S/C14H26N2O4/c1-14(2,3)10-5-8-16(9-6-10)13(20)15-7-4-11(17)12(18)19/h10-11,17H,4-9H2,1-3H3,(H,15,20)(H,18,19)/t11-/m0/s1. The largest absolute Gasteiger partial charge is 0.479 e. The van der Waals surface area contributed by atoms with E-state index < -0.39 is 12.1 Å². The monoisotopic (exact) mass is 286 g/mol. The number of carbonyl (C=O) groups excluding carboxylic acids is 1. The van der Waals surface area contributed by atoms with Crippen molar-refractivity contribution >= 4 is 12.0 Å². The highest BCUT2D eigenvalue weighted by Gasteiger charge is 2.30. The topological polar surface area (TPSA) is 89.9 Å². The van der Waals surface area contributed by atoms with Crippen molar-refractivity contribution in [2.75, 3.05) is 19.6 Å². The molecule has 0 aromatic carbocycles. The van der Waals surface area contributed by atoms with Gasteiger partial charge < -0.3 is 20.4 Å². The van der Waals surface area contributed by atoms with Gasteiger partial charge in [-0.1, -0.05) is 20.8 Å². The van der Waals surface area contributed by atoms with Gasteiger partial charge in [-0.3, -0.25) is 0 Å². The summed E-state index contributed by atoms with van der Waals surface area (Å²) >= 11 is 0. The van der Waals surface area contributed by atoms with Gasteiger partial charge in [0.2, 0.25) is 0 Å². The van der Waals surface area contributed by atoms with Gasteiger partial charge in [0.1, 0.15) is 0 Å². The van der Waals surface area contributed by atoms with Crippen LogP contribution in [-0.2, 0) is 4.79 Å². The van der Waals surface area contributed by atoms with E-state index in [1.54, 1.807) is 4.90 Å². The molecule has 2 amide bonds. The van der Waals surface area contributed by atoms with Crippen LogP contribution in [0.4, 0.5) is 4.79 Å². The number of carboxylic acid groups (broad SMARTS) is 1. The summed E-state index contributed by atoms with van der Waals surface area (Å²) in [7, 11) is 0. The molecule has 0 aromatic rings. The number of aliphatic hydroxyl groups excluding tert-OH is 1. The minimum Gasteiger partial charge on any atom is -0.479 e. The van der Waals surface area contributed by atoms with Crippen LogP contribution in [-0.4, -0.2) is 52.9 Å². The molecule has 116 valence electrons. The molecule has 6 heteroatoms. The number of rotatable bonds is 4. The van der Waals surface area contributed by atoms with E-state index in [0.717, 1.165) is 25.9 Å². The first-order valence-corrected chi connectivity index (χ1v) is 7.15. The summed E-state index contributed by atoms with van der Waals surface area (Å²) in [6.07, 6.45) is 0.602. The Labute approximate surface area is 120 Å². The van der Waals surface area contributed by atoms with E-state index in [1.165, 1.54) is 0 Å². The number of nitrogens with one attached hydrogen (secondary N) is 1. The Balaban J connectivity index is 2.28. The van der Waals surface area contributed by atoms with Gasteiger partial charge in [-0.15, -0.1) is 0 Å². The number of likely N-dealkylation sites (tertiary alicyclic amines) is 1. The molecule has 1 heterocycles. The molecule has 1 aliphatic heterocycles. The van der Waals surface area contributed by atoms with Crippen LogP contribution in [0.25, 0.3) is 0 Å². The van der Waals surface area contributed by atoms with Crippen molar-refractivity contribution in [3.05, 3.63) is 0 Å². The van der Waals surface area contributed by atoms with Crippen LogP contribution >= 0.6 is 0 Å². The third-order valence-electron chi connectivity index (χ3n) is 3.99. The number of hydrogen-bond acceptors (Lipinski definition) is 3. The summed E-state index contributed by atoms with van der Waals surface area (Å²) in [5.41, 5.74) is 0.272. The number of aliphatic carboxylic acids is 1. The number of nitrogens with zero attached hydrogens (tertiary/aromatic N) is 1. The molecule has 0 spiro atoms. The normalized spacial score (nSPS) is 18.7. The van der Waals surface area contributed by atoms with Gasteiger partial charge in [-0.05, 0) is 24.2 Å². The molecule has 0 aliphatic carbocycles. The lowest BCUT2D eigenvalue weighted by atomic mass is 9.75. The first-order chi connectivity index (χ1) is 9.21. The van der Waals surface area contributed by atoms with Gasteiger partial charge >= 0.3 is 12.0 Å². The highest BCUT2D eigenvalue weighted by molar-refractivity contribution is 5.74. The number of urea groups is 1. The van der Waals surface area contributed by atoms with Crippen molar-refractivity contribution in [2.45, 2.75) is 46.1 Å². The molecule has 0 aromatic heterocycles. The van der Waals surface area contributed by atoms with Gasteiger partial charge in [0.05, 0.1) is 0 Å². The van der Waals surface area contributed by atoms with Crippen molar-refractivity contribution < 1.29 is 19.8 Å². The molecule has 0 radical (unpaired) electrons. The van der Waals surface area contributed by atoms with Crippen LogP contribution in [0, 0.1) is 11.3 Å². The van der Waals surface area contributed by atoms with Gasteiger partial charge in [0.25, 0.3) is 0 Å². The first kappa shape index (κ1) is 16.8. The van der Waals surface area contributed by atoms with Crippen LogP contribution in [0.1, 0.15) is 40.0 Å². The highest BCUT2D eigenvalue weighted by atomic mass is 16.4. The van der Waals surface area contributed by atoms with Gasteiger partial charge in [-0.2, -0.15) is 0 Å². The van der Waals surface area contributed by atoms with E-state index >= 15 is 0 Å². The van der Waals surface area contributed by atoms with Crippen molar-refractivity contribution in [1.29, 1.82) is 0 Å². The average Bonchev–Trinajstić information content (AvgIpc) is 2.37. The number of hydrogen-bond donors (Lipinski definition) is 3. The second-order valence-electron chi connectivity index (χ2n) is 6.50. The van der Waals surface area contributed by atoms with E-state index in [9.17, 15) is 9.59 Å². The maximum Gasteiger partial charge on any atom is 0.332 e. The lowest BCUT2D eigenvalue weighted by Crippen LogP contribution is -2.46. The number of amides is 2. The third kappa shape index (κ3) is 5.00. The minimum absolute atomic E-state index is 0.0273. The summed E-state index contributed by atoms with van der Waals surface area (Å²) in [4.78, 5) is 24.1. The Hall–Kier alpha value is -1.30. The maximum absolute atomic E-state index is 11.9. The molecule has 1 rings (SSSR count). The molecule has 3 N–H and O–H groups in total. The second-order valence-corrected chi connectivity index (χ2v) is 6.50. The fraction of sp³-hybridized carbons (Fsp3) is 0.857. The predicted octanol–water partition coefficient (Wildman–Crippen LogP) is 1.29. The SMILES string of the molecule is CC(C)(C)C1CCN(C(=O)NCC[C@H](O)C(=O)O)CC1. The summed E-state index contributed by atoms with van der Waals surface area (Å²) in [5.74, 6) is -0.634. The van der Waals surface area contributed by atoms with Gasteiger partial charge in [0.15, 0.2) is 6.10 Å². The van der Waals surface area contributed by atoms with Crippen molar-refractivity contribution in [2.24, 2.45) is 11.3 Å². The fourth-order valence-corrected chi connectivity index (χ4v) is 2.50. The molecule has 6 nitrogen and oxygen atoms in total. The smallest absolute Gasteiger partial charge is 0.332 e. The van der Waals surface area contributed by atoms with Crippen LogP contribution in [0.2, 0.25) is 0 Å². The molecule has 1 fully saturated rings.